The number of ether oxygens (including phenoxy) is 3. The Labute approximate surface area is 321 Å². The summed E-state index contributed by atoms with van der Waals surface area (Å²) in [6, 6.07) is 42.3. The van der Waals surface area contributed by atoms with E-state index in [1.807, 2.05) is 109 Å². The molecule has 0 radical (unpaired) electrons. The minimum Gasteiger partial charge on any atom is -0.445 e. The molecule has 0 aliphatic carbocycles. The van der Waals surface area contributed by atoms with Crippen molar-refractivity contribution in [2.45, 2.75) is 63.7 Å². The van der Waals surface area contributed by atoms with Crippen molar-refractivity contribution in [3.63, 3.8) is 0 Å². The van der Waals surface area contributed by atoms with E-state index in [9.17, 15) is 19.5 Å². The van der Waals surface area contributed by atoms with Crippen molar-refractivity contribution in [3.8, 4) is 11.1 Å². The van der Waals surface area contributed by atoms with Gasteiger partial charge in [0.25, 0.3) is 5.91 Å². The molecular formula is C45H45N3O7. The van der Waals surface area contributed by atoms with Crippen LogP contribution in [0.25, 0.3) is 11.1 Å². The highest BCUT2D eigenvalue weighted by molar-refractivity contribution is 6.06. The Morgan fingerprint density at radius 1 is 0.782 bits per heavy atom. The van der Waals surface area contributed by atoms with Gasteiger partial charge in [0.15, 0.2) is 6.29 Å². The molecular weight excluding hydrogens is 695 g/mol. The smallest absolute Gasteiger partial charge is 0.408 e. The molecule has 10 nitrogen and oxygen atoms in total. The number of nitrogens with zero attached hydrogens (tertiary/aromatic N) is 2. The summed E-state index contributed by atoms with van der Waals surface area (Å²) in [7, 11) is 2.10. The summed E-state index contributed by atoms with van der Waals surface area (Å²) >= 11 is 0. The maximum atomic E-state index is 13.2. The number of carbonyl (C=O) groups excluding carboxylic acids is 3. The van der Waals surface area contributed by atoms with Crippen LogP contribution in [0.1, 0.15) is 58.6 Å². The van der Waals surface area contributed by atoms with Crippen LogP contribution in [0.5, 0.6) is 0 Å². The molecule has 2 fully saturated rings. The van der Waals surface area contributed by atoms with Crippen LogP contribution < -0.4 is 5.32 Å². The van der Waals surface area contributed by atoms with E-state index in [1.54, 1.807) is 0 Å². The van der Waals surface area contributed by atoms with Crippen LogP contribution >= 0.6 is 0 Å². The van der Waals surface area contributed by atoms with Crippen molar-refractivity contribution < 1.29 is 33.7 Å². The Kier molecular flexibility index (Phi) is 12.1. The summed E-state index contributed by atoms with van der Waals surface area (Å²) in [5.41, 5.74) is 7.50. The first kappa shape index (κ1) is 37.7. The van der Waals surface area contributed by atoms with Gasteiger partial charge >= 0.3 is 6.09 Å². The first-order valence-corrected chi connectivity index (χ1v) is 18.5. The Morgan fingerprint density at radius 3 is 2.16 bits per heavy atom. The summed E-state index contributed by atoms with van der Waals surface area (Å²) in [6.07, 6.45) is -1.04. The zero-order valence-corrected chi connectivity index (χ0v) is 30.8. The van der Waals surface area contributed by atoms with Gasteiger partial charge in [-0.15, -0.1) is 0 Å². The monoisotopic (exact) mass is 739 g/mol. The molecule has 2 saturated heterocycles. The molecule has 2 aliphatic rings. The van der Waals surface area contributed by atoms with Crippen molar-refractivity contribution in [2.24, 2.45) is 0 Å². The van der Waals surface area contributed by atoms with E-state index in [-0.39, 0.29) is 44.3 Å². The topological polar surface area (TPSA) is 118 Å². The molecule has 5 aromatic rings. The first-order chi connectivity index (χ1) is 26.8. The molecule has 1 unspecified atom stereocenters. The van der Waals surface area contributed by atoms with Crippen molar-refractivity contribution >= 4 is 17.9 Å². The van der Waals surface area contributed by atoms with E-state index in [4.69, 9.17) is 14.2 Å². The van der Waals surface area contributed by atoms with E-state index in [1.165, 1.54) is 10.5 Å². The van der Waals surface area contributed by atoms with Crippen LogP contribution in [0.4, 0.5) is 4.79 Å². The van der Waals surface area contributed by atoms with Gasteiger partial charge in [0.05, 0.1) is 31.8 Å². The number of nitrogens with one attached hydrogen (secondary N) is 1. The summed E-state index contributed by atoms with van der Waals surface area (Å²) in [4.78, 5) is 41.9. The Balaban J connectivity index is 1.00. The van der Waals surface area contributed by atoms with Gasteiger partial charge in [0.1, 0.15) is 12.6 Å². The van der Waals surface area contributed by atoms with Gasteiger partial charge in [-0.2, -0.15) is 0 Å². The second kappa shape index (κ2) is 17.7. The molecule has 2 aliphatic heterocycles. The van der Waals surface area contributed by atoms with Crippen LogP contribution in [0.3, 0.4) is 0 Å². The number of hydrogen-bond acceptors (Lipinski definition) is 8. The fraction of sp³-hybridized carbons (Fsp3) is 0.267. The largest absolute Gasteiger partial charge is 0.445 e. The number of rotatable bonds is 13. The molecule has 55 heavy (non-hydrogen) atoms. The lowest BCUT2D eigenvalue weighted by molar-refractivity contribution is -0.252. The molecule has 0 aromatic heterocycles. The zero-order valence-electron chi connectivity index (χ0n) is 30.8. The minimum atomic E-state index is -0.973. The maximum Gasteiger partial charge on any atom is 0.408 e. The lowest BCUT2D eigenvalue weighted by Gasteiger charge is -2.38. The molecule has 0 spiro atoms. The number of likely N-dealkylation sites (tertiary alicyclic amines) is 1. The second-order valence-electron chi connectivity index (χ2n) is 14.1. The highest BCUT2D eigenvalue weighted by Gasteiger charge is 2.40. The Hall–Kier alpha value is -5.65. The van der Waals surface area contributed by atoms with E-state index in [0.29, 0.717) is 6.42 Å². The van der Waals surface area contributed by atoms with Gasteiger partial charge in [-0.3, -0.25) is 19.4 Å². The molecule has 10 heteroatoms. The van der Waals surface area contributed by atoms with Crippen molar-refractivity contribution in [1.29, 1.82) is 0 Å². The van der Waals surface area contributed by atoms with Gasteiger partial charge in [-0.05, 0) is 52.1 Å². The third-order valence-corrected chi connectivity index (χ3v) is 9.96. The summed E-state index contributed by atoms with van der Waals surface area (Å²) < 4.78 is 18.4. The van der Waals surface area contributed by atoms with E-state index in [0.717, 1.165) is 52.0 Å². The molecule has 3 amide bonds. The van der Waals surface area contributed by atoms with E-state index in [2.05, 4.69) is 41.5 Å². The molecule has 4 atom stereocenters. The van der Waals surface area contributed by atoms with Crippen LogP contribution in [-0.4, -0.2) is 58.6 Å². The first-order valence-electron chi connectivity index (χ1n) is 18.5. The number of imide groups is 1. The molecule has 0 saturated carbocycles. The average molecular weight is 740 g/mol. The summed E-state index contributed by atoms with van der Waals surface area (Å²) in [5.74, 6) is -0.816. The van der Waals surface area contributed by atoms with Crippen LogP contribution in [-0.2, 0) is 50.1 Å². The van der Waals surface area contributed by atoms with Crippen LogP contribution in [0.15, 0.2) is 133 Å². The van der Waals surface area contributed by atoms with Crippen molar-refractivity contribution in [3.05, 3.63) is 167 Å². The van der Waals surface area contributed by atoms with Gasteiger partial charge in [-0.1, -0.05) is 127 Å². The molecule has 2 N–H and O–H groups in total. The van der Waals surface area contributed by atoms with E-state index < -0.39 is 24.3 Å². The Bertz CT molecular complexity index is 2060. The quantitative estimate of drug-likeness (QED) is 0.123. The third-order valence-electron chi connectivity index (χ3n) is 9.96. The number of likely N-dealkylation sites (N-methyl/N-ethyl adjacent to an activating group) is 1. The van der Waals surface area contributed by atoms with E-state index >= 15 is 0 Å². The molecule has 7 rings (SSSR count). The van der Waals surface area contributed by atoms with Gasteiger partial charge in [-0.25, -0.2) is 4.79 Å². The van der Waals surface area contributed by atoms with Crippen molar-refractivity contribution in [2.75, 3.05) is 13.6 Å². The lowest BCUT2D eigenvalue weighted by atomic mass is 9.99. The highest BCUT2D eigenvalue weighted by atomic mass is 16.7. The van der Waals surface area contributed by atoms with Gasteiger partial charge in [0, 0.05) is 25.1 Å². The van der Waals surface area contributed by atoms with Gasteiger partial charge < -0.3 is 24.6 Å². The number of aliphatic hydroxyl groups excluding tert-OH is 1. The molecule has 5 aromatic carbocycles. The fourth-order valence-corrected chi connectivity index (χ4v) is 7.07. The predicted octanol–water partition coefficient (Wildman–Crippen LogP) is 7.08. The standard InChI is InChI=1S/C45H45N3O7/c1-47(26-31-9-4-2-5-10-31)28-39-24-41(36-17-15-32(29-49)16-18-36)55-44(54-39)37-21-19-35(20-22-37)38-14-8-13-34(23-38)27-48-42(50)25-40(43(48)51)46-45(52)53-30-33-11-6-3-7-12-33/h2-23,39-41,44,49H,24-30H2,1H3,(H,46,52)/t39-,40?,41+,44+/m0/s1. The maximum absolute atomic E-state index is 13.2. The average Bonchev–Trinajstić information content (AvgIpc) is 3.47. The number of alkyl carbamates (subject to hydrolysis) is 1. The van der Waals surface area contributed by atoms with Crippen LogP contribution in [0.2, 0.25) is 0 Å². The highest BCUT2D eigenvalue weighted by Crippen LogP contribution is 2.39. The zero-order chi connectivity index (χ0) is 38.1. The third kappa shape index (κ3) is 9.72. The fourth-order valence-electron chi connectivity index (χ4n) is 7.07. The molecule has 0 bridgehead atoms. The van der Waals surface area contributed by atoms with Crippen LogP contribution in [0, 0.1) is 0 Å². The van der Waals surface area contributed by atoms with Crippen molar-refractivity contribution in [1.82, 2.24) is 15.1 Å². The second-order valence-corrected chi connectivity index (χ2v) is 14.1. The number of hydrogen-bond donors (Lipinski definition) is 2. The number of benzene rings is 5. The molecule has 2 heterocycles. The number of amides is 3. The summed E-state index contributed by atoms with van der Waals surface area (Å²) in [6.45, 7) is 1.67. The summed E-state index contributed by atoms with van der Waals surface area (Å²) in [5, 5.41) is 12.1. The SMILES string of the molecule is CN(Cc1ccccc1)C[C@@H]1C[C@H](c2ccc(CO)cc2)O[C@H](c2ccc(-c3cccc(CN4C(=O)CC(NC(=O)OCc5ccccc5)C4=O)c3)cc2)O1. The van der Waals surface area contributed by atoms with Gasteiger partial charge in [0.2, 0.25) is 5.91 Å². The molecule has 282 valence electrons. The minimum absolute atomic E-state index is 0.0138. The number of carbonyl (C=O) groups is 3. The predicted molar refractivity (Wildman–Crippen MR) is 207 cm³/mol. The number of aliphatic hydroxyl groups is 1. The normalized spacial score (nSPS) is 19.8. The lowest BCUT2D eigenvalue weighted by Crippen LogP contribution is -2.41. The Morgan fingerprint density at radius 2 is 1.45 bits per heavy atom.